The molecule has 7 nitrogen and oxygen atoms in total. The molecule has 0 saturated carbocycles. The van der Waals surface area contributed by atoms with Gasteiger partial charge in [0.25, 0.3) is 0 Å². The third-order valence-corrected chi connectivity index (χ3v) is 6.51. The molecular formula is C17H20N4O3S2. The molecule has 26 heavy (non-hydrogen) atoms. The van der Waals surface area contributed by atoms with Gasteiger partial charge >= 0.3 is 5.69 Å². The summed E-state index contributed by atoms with van der Waals surface area (Å²) < 4.78 is 30.2. The Hall–Kier alpha value is -2.23. The number of thiophene rings is 1. The fourth-order valence-corrected chi connectivity index (χ4v) is 4.71. The van der Waals surface area contributed by atoms with E-state index in [1.54, 1.807) is 26.1 Å². The molecule has 0 fully saturated rings. The van der Waals surface area contributed by atoms with Gasteiger partial charge in [0.15, 0.2) is 5.82 Å². The van der Waals surface area contributed by atoms with Crippen LogP contribution < -0.4 is 10.4 Å². The molecule has 138 valence electrons. The van der Waals surface area contributed by atoms with E-state index in [4.69, 9.17) is 0 Å². The van der Waals surface area contributed by atoms with E-state index in [1.165, 1.54) is 20.6 Å². The van der Waals surface area contributed by atoms with Crippen LogP contribution in [0.4, 0.5) is 0 Å². The van der Waals surface area contributed by atoms with Gasteiger partial charge in [-0.05, 0) is 36.9 Å². The van der Waals surface area contributed by atoms with E-state index in [1.807, 2.05) is 30.5 Å². The second kappa shape index (κ2) is 7.18. The summed E-state index contributed by atoms with van der Waals surface area (Å²) >= 11 is 1.49. The minimum atomic E-state index is -3.64. The zero-order valence-corrected chi connectivity index (χ0v) is 16.4. The summed E-state index contributed by atoms with van der Waals surface area (Å²) in [6, 6.07) is 8.96. The van der Waals surface area contributed by atoms with Crippen molar-refractivity contribution < 1.29 is 8.42 Å². The number of nitrogens with zero attached hydrogens (tertiary/aromatic N) is 3. The topological polar surface area (TPSA) is 86.0 Å². The maximum atomic E-state index is 12.5. The minimum Gasteiger partial charge on any atom is -0.277 e. The van der Waals surface area contributed by atoms with Crippen LogP contribution in [-0.2, 0) is 23.6 Å². The summed E-state index contributed by atoms with van der Waals surface area (Å²) in [7, 11) is -1.98. The Bertz CT molecular complexity index is 1080. The highest BCUT2D eigenvalue weighted by atomic mass is 32.2. The Balaban J connectivity index is 1.74. The lowest BCUT2D eigenvalue weighted by atomic mass is 10.2. The summed E-state index contributed by atoms with van der Waals surface area (Å²) in [5.41, 5.74) is 1.41. The number of hydrogen-bond acceptors (Lipinski definition) is 5. The number of rotatable bonds is 6. The van der Waals surface area contributed by atoms with E-state index >= 15 is 0 Å². The summed E-state index contributed by atoms with van der Waals surface area (Å²) in [6.07, 6.45) is 0. The molecule has 0 unspecified atom stereocenters. The molecule has 9 heteroatoms. The quantitative estimate of drug-likeness (QED) is 0.694. The van der Waals surface area contributed by atoms with Gasteiger partial charge in [0.1, 0.15) is 0 Å². The van der Waals surface area contributed by atoms with Crippen LogP contribution >= 0.6 is 11.3 Å². The number of aryl methyl sites for hydroxylation is 2. The average Bonchev–Trinajstić information content (AvgIpc) is 3.18. The van der Waals surface area contributed by atoms with Gasteiger partial charge < -0.3 is 0 Å². The number of benzene rings is 1. The van der Waals surface area contributed by atoms with Crippen LogP contribution in [0.2, 0.25) is 0 Å². The van der Waals surface area contributed by atoms with E-state index < -0.39 is 10.0 Å². The highest BCUT2D eigenvalue weighted by molar-refractivity contribution is 7.89. The van der Waals surface area contributed by atoms with Crippen molar-refractivity contribution >= 4 is 21.4 Å². The molecule has 0 bridgehead atoms. The predicted octanol–water partition coefficient (Wildman–Crippen LogP) is 1.91. The van der Waals surface area contributed by atoms with Crippen molar-refractivity contribution in [2.75, 3.05) is 6.54 Å². The second-order valence-corrected chi connectivity index (χ2v) is 8.72. The van der Waals surface area contributed by atoms with Crippen molar-refractivity contribution in [2.45, 2.75) is 25.3 Å². The molecule has 1 aromatic carbocycles. The van der Waals surface area contributed by atoms with Gasteiger partial charge in [-0.25, -0.2) is 22.6 Å². The van der Waals surface area contributed by atoms with Crippen LogP contribution in [0.25, 0.3) is 10.7 Å². The van der Waals surface area contributed by atoms with Crippen LogP contribution in [0, 0.1) is 13.8 Å². The zero-order chi connectivity index (χ0) is 18.9. The van der Waals surface area contributed by atoms with Crippen molar-refractivity contribution in [3.63, 3.8) is 0 Å². The van der Waals surface area contributed by atoms with Gasteiger partial charge in [-0.2, -0.15) is 0 Å². The van der Waals surface area contributed by atoms with Gasteiger partial charge in [0.2, 0.25) is 10.0 Å². The standard InChI is InChI=1S/C17H20N4O3S2/c1-12-6-7-15(13(2)11-12)26(23,24)18-8-9-21-17(22)20(3)16(19-21)14-5-4-10-25-14/h4-7,10-11,18H,8-9H2,1-3H3. The summed E-state index contributed by atoms with van der Waals surface area (Å²) in [5, 5.41) is 6.23. The second-order valence-electron chi connectivity index (χ2n) is 6.03. The first kappa shape index (κ1) is 18.6. The van der Waals surface area contributed by atoms with Gasteiger partial charge in [-0.3, -0.25) is 4.57 Å². The fourth-order valence-electron chi connectivity index (χ4n) is 2.72. The molecule has 0 aliphatic heterocycles. The first-order valence-electron chi connectivity index (χ1n) is 8.04. The average molecular weight is 393 g/mol. The Labute approximate surface area is 156 Å². The van der Waals surface area contributed by atoms with Crippen molar-refractivity contribution in [1.82, 2.24) is 19.1 Å². The molecule has 0 atom stereocenters. The van der Waals surface area contributed by atoms with E-state index in [-0.39, 0.29) is 23.7 Å². The van der Waals surface area contributed by atoms with E-state index in [0.29, 0.717) is 11.4 Å². The highest BCUT2D eigenvalue weighted by Gasteiger charge is 2.17. The third kappa shape index (κ3) is 3.64. The van der Waals surface area contributed by atoms with Gasteiger partial charge in [0, 0.05) is 13.6 Å². The molecule has 0 aliphatic rings. The van der Waals surface area contributed by atoms with Gasteiger partial charge in [0.05, 0.1) is 16.3 Å². The summed E-state index contributed by atoms with van der Waals surface area (Å²) in [4.78, 5) is 13.4. The SMILES string of the molecule is Cc1ccc(S(=O)(=O)NCCn2nc(-c3cccs3)n(C)c2=O)c(C)c1. The molecule has 0 amide bonds. The minimum absolute atomic E-state index is 0.0798. The first-order valence-corrected chi connectivity index (χ1v) is 10.4. The maximum Gasteiger partial charge on any atom is 0.345 e. The lowest BCUT2D eigenvalue weighted by Crippen LogP contribution is -2.32. The maximum absolute atomic E-state index is 12.5. The van der Waals surface area contributed by atoms with Crippen molar-refractivity contribution in [3.05, 3.63) is 57.3 Å². The number of hydrogen-bond donors (Lipinski definition) is 1. The molecule has 2 aromatic heterocycles. The molecule has 3 rings (SSSR count). The predicted molar refractivity (Wildman–Crippen MR) is 102 cm³/mol. The third-order valence-electron chi connectivity index (χ3n) is 4.02. The highest BCUT2D eigenvalue weighted by Crippen LogP contribution is 2.20. The molecule has 0 saturated heterocycles. The Morgan fingerprint density at radius 1 is 1.23 bits per heavy atom. The monoisotopic (exact) mass is 392 g/mol. The number of nitrogens with one attached hydrogen (secondary N) is 1. The number of aromatic nitrogens is 3. The zero-order valence-electron chi connectivity index (χ0n) is 14.8. The normalized spacial score (nSPS) is 11.8. The van der Waals surface area contributed by atoms with Gasteiger partial charge in [-0.1, -0.05) is 23.8 Å². The fraction of sp³-hybridized carbons (Fsp3) is 0.294. The van der Waals surface area contributed by atoms with Crippen LogP contribution in [0.15, 0.2) is 45.4 Å². The largest absolute Gasteiger partial charge is 0.345 e. The van der Waals surface area contributed by atoms with Crippen molar-refractivity contribution in [3.8, 4) is 10.7 Å². The van der Waals surface area contributed by atoms with E-state index in [0.717, 1.165) is 10.4 Å². The lowest BCUT2D eigenvalue weighted by Gasteiger charge is -2.09. The summed E-state index contributed by atoms with van der Waals surface area (Å²) in [6.45, 7) is 3.91. The van der Waals surface area contributed by atoms with E-state index in [9.17, 15) is 13.2 Å². The van der Waals surface area contributed by atoms with Crippen molar-refractivity contribution in [2.24, 2.45) is 7.05 Å². The molecule has 2 heterocycles. The summed E-state index contributed by atoms with van der Waals surface area (Å²) in [5.74, 6) is 0.572. The van der Waals surface area contributed by atoms with E-state index in [2.05, 4.69) is 9.82 Å². The molecule has 0 spiro atoms. The van der Waals surface area contributed by atoms with Crippen LogP contribution in [0.5, 0.6) is 0 Å². The van der Waals surface area contributed by atoms with Crippen molar-refractivity contribution in [1.29, 1.82) is 0 Å². The molecule has 1 N–H and O–H groups in total. The van der Waals surface area contributed by atoms with Crippen LogP contribution in [0.1, 0.15) is 11.1 Å². The smallest absolute Gasteiger partial charge is 0.277 e. The molecule has 0 aliphatic carbocycles. The first-order chi connectivity index (χ1) is 12.3. The number of sulfonamides is 1. The Morgan fingerprint density at radius 3 is 2.65 bits per heavy atom. The Morgan fingerprint density at radius 2 is 2.00 bits per heavy atom. The van der Waals surface area contributed by atoms with Crippen LogP contribution in [0.3, 0.4) is 0 Å². The Kier molecular flexibility index (Phi) is 5.12. The molecule has 0 radical (unpaired) electrons. The lowest BCUT2D eigenvalue weighted by molar-refractivity contribution is 0.550. The van der Waals surface area contributed by atoms with Gasteiger partial charge in [-0.15, -0.1) is 16.4 Å². The van der Waals surface area contributed by atoms with Crippen LogP contribution in [-0.4, -0.2) is 29.3 Å². The molecule has 3 aromatic rings. The molecular weight excluding hydrogens is 372 g/mol.